The standard InChI is InChI=1S/C18H15BrFNO2S/c1-12-4-6-15(24-12)11-21(10-14-3-2-8-23-14)18(22)16-9-13(20)5-7-17(16)19/h2-9H,10-11H2,1H3. The average Bonchev–Trinajstić information content (AvgIpc) is 3.20. The molecule has 0 aliphatic heterocycles. The highest BCUT2D eigenvalue weighted by Gasteiger charge is 2.21. The fourth-order valence-electron chi connectivity index (χ4n) is 2.38. The van der Waals surface area contributed by atoms with Gasteiger partial charge in [-0.1, -0.05) is 0 Å². The number of benzene rings is 1. The van der Waals surface area contributed by atoms with Crippen molar-refractivity contribution in [1.82, 2.24) is 4.90 Å². The van der Waals surface area contributed by atoms with Gasteiger partial charge in [0.2, 0.25) is 0 Å². The largest absolute Gasteiger partial charge is 0.467 e. The molecule has 0 atom stereocenters. The van der Waals surface area contributed by atoms with E-state index in [4.69, 9.17) is 4.42 Å². The molecule has 0 bridgehead atoms. The zero-order chi connectivity index (χ0) is 17.1. The maximum Gasteiger partial charge on any atom is 0.255 e. The van der Waals surface area contributed by atoms with Crippen LogP contribution in [0.15, 0.2) is 57.6 Å². The van der Waals surface area contributed by atoms with Crippen LogP contribution in [-0.2, 0) is 13.1 Å². The van der Waals surface area contributed by atoms with Gasteiger partial charge in [0.25, 0.3) is 5.91 Å². The molecule has 0 fully saturated rings. The molecule has 3 aromatic rings. The van der Waals surface area contributed by atoms with E-state index in [1.165, 1.54) is 17.0 Å². The molecule has 3 rings (SSSR count). The van der Waals surface area contributed by atoms with Crippen LogP contribution in [0, 0.1) is 12.7 Å². The van der Waals surface area contributed by atoms with Crippen molar-refractivity contribution in [2.45, 2.75) is 20.0 Å². The molecule has 0 unspecified atom stereocenters. The fraction of sp³-hybridized carbons (Fsp3) is 0.167. The molecule has 1 amide bonds. The molecule has 1 aromatic carbocycles. The Morgan fingerprint density at radius 2 is 2.08 bits per heavy atom. The Labute approximate surface area is 151 Å². The number of aryl methyl sites for hydroxylation is 1. The van der Waals surface area contributed by atoms with Gasteiger partial charge in [-0.15, -0.1) is 11.3 Å². The zero-order valence-corrected chi connectivity index (χ0v) is 15.4. The van der Waals surface area contributed by atoms with Gasteiger partial charge in [-0.3, -0.25) is 4.79 Å². The van der Waals surface area contributed by atoms with Crippen molar-refractivity contribution < 1.29 is 13.6 Å². The molecule has 24 heavy (non-hydrogen) atoms. The number of amides is 1. The molecule has 6 heteroatoms. The van der Waals surface area contributed by atoms with Crippen LogP contribution in [0.25, 0.3) is 0 Å². The van der Waals surface area contributed by atoms with Gasteiger partial charge in [0.1, 0.15) is 11.6 Å². The van der Waals surface area contributed by atoms with E-state index >= 15 is 0 Å². The quantitative estimate of drug-likeness (QED) is 0.567. The van der Waals surface area contributed by atoms with Crippen LogP contribution >= 0.6 is 27.3 Å². The van der Waals surface area contributed by atoms with Crippen LogP contribution in [0.1, 0.15) is 25.9 Å². The predicted molar refractivity (Wildman–Crippen MR) is 95.4 cm³/mol. The van der Waals surface area contributed by atoms with Crippen molar-refractivity contribution >= 4 is 33.2 Å². The number of halogens is 2. The van der Waals surface area contributed by atoms with Crippen LogP contribution in [0.5, 0.6) is 0 Å². The minimum absolute atomic E-state index is 0.246. The van der Waals surface area contributed by atoms with Crippen LogP contribution in [0.4, 0.5) is 4.39 Å². The molecular formula is C18H15BrFNO2S. The summed E-state index contributed by atoms with van der Waals surface area (Å²) in [6.07, 6.45) is 1.57. The van der Waals surface area contributed by atoms with Crippen LogP contribution < -0.4 is 0 Å². The van der Waals surface area contributed by atoms with Gasteiger partial charge in [-0.2, -0.15) is 0 Å². The van der Waals surface area contributed by atoms with Gasteiger partial charge in [0, 0.05) is 14.2 Å². The third-order valence-electron chi connectivity index (χ3n) is 3.52. The Morgan fingerprint density at radius 3 is 2.75 bits per heavy atom. The molecule has 2 heterocycles. The van der Waals surface area contributed by atoms with E-state index in [2.05, 4.69) is 15.9 Å². The average molecular weight is 408 g/mol. The third kappa shape index (κ3) is 3.94. The number of thiophene rings is 1. The maximum atomic E-state index is 13.6. The summed E-state index contributed by atoms with van der Waals surface area (Å²) in [5, 5.41) is 0. The number of rotatable bonds is 5. The Morgan fingerprint density at radius 1 is 1.25 bits per heavy atom. The Kier molecular flexibility index (Phi) is 5.16. The summed E-state index contributed by atoms with van der Waals surface area (Å²) in [7, 11) is 0. The summed E-state index contributed by atoms with van der Waals surface area (Å²) in [6.45, 7) is 2.79. The van der Waals surface area contributed by atoms with E-state index in [0.717, 1.165) is 4.88 Å². The lowest BCUT2D eigenvalue weighted by molar-refractivity contribution is 0.0718. The van der Waals surface area contributed by atoms with Gasteiger partial charge in [-0.25, -0.2) is 4.39 Å². The normalized spacial score (nSPS) is 10.8. The van der Waals surface area contributed by atoms with Gasteiger partial charge in [0.15, 0.2) is 0 Å². The molecule has 0 aliphatic carbocycles. The highest BCUT2D eigenvalue weighted by Crippen LogP contribution is 2.24. The number of carbonyl (C=O) groups is 1. The number of hydrogen-bond acceptors (Lipinski definition) is 3. The van der Waals surface area contributed by atoms with Gasteiger partial charge < -0.3 is 9.32 Å². The van der Waals surface area contributed by atoms with E-state index in [-0.39, 0.29) is 5.91 Å². The minimum atomic E-state index is -0.438. The SMILES string of the molecule is Cc1ccc(CN(Cc2ccco2)C(=O)c2cc(F)ccc2Br)s1. The van der Waals surface area contributed by atoms with E-state index < -0.39 is 5.82 Å². The first-order valence-electron chi connectivity index (χ1n) is 7.35. The van der Waals surface area contributed by atoms with Crippen LogP contribution in [0.2, 0.25) is 0 Å². The second-order valence-corrected chi connectivity index (χ2v) is 7.60. The lowest BCUT2D eigenvalue weighted by atomic mass is 10.2. The zero-order valence-electron chi connectivity index (χ0n) is 13.0. The first kappa shape index (κ1) is 16.9. The van der Waals surface area contributed by atoms with Gasteiger partial charge >= 0.3 is 0 Å². The van der Waals surface area contributed by atoms with E-state index in [1.807, 2.05) is 25.1 Å². The molecule has 0 saturated carbocycles. The molecule has 0 N–H and O–H groups in total. The summed E-state index contributed by atoms with van der Waals surface area (Å²) in [4.78, 5) is 16.9. The van der Waals surface area contributed by atoms with Crippen molar-refractivity contribution in [1.29, 1.82) is 0 Å². The Hall–Kier alpha value is -1.92. The summed E-state index contributed by atoms with van der Waals surface area (Å²) < 4.78 is 19.5. The Balaban J connectivity index is 1.90. The summed E-state index contributed by atoms with van der Waals surface area (Å²) in [6, 6.07) is 11.7. The van der Waals surface area contributed by atoms with Gasteiger partial charge in [0.05, 0.1) is 24.9 Å². The highest BCUT2D eigenvalue weighted by molar-refractivity contribution is 9.10. The van der Waals surface area contributed by atoms with Crippen molar-refractivity contribution in [3.63, 3.8) is 0 Å². The smallest absolute Gasteiger partial charge is 0.255 e. The number of hydrogen-bond donors (Lipinski definition) is 0. The van der Waals surface area contributed by atoms with Crippen LogP contribution in [0.3, 0.4) is 0 Å². The fourth-order valence-corrected chi connectivity index (χ4v) is 3.70. The number of furan rings is 1. The molecule has 0 spiro atoms. The van der Waals surface area contributed by atoms with Gasteiger partial charge in [-0.05, 0) is 65.3 Å². The van der Waals surface area contributed by atoms with Crippen molar-refractivity contribution in [2.75, 3.05) is 0 Å². The third-order valence-corrected chi connectivity index (χ3v) is 5.19. The number of carbonyl (C=O) groups excluding carboxylic acids is 1. The predicted octanol–water partition coefficient (Wildman–Crippen LogP) is 5.39. The van der Waals surface area contributed by atoms with Crippen molar-refractivity contribution in [3.8, 4) is 0 Å². The summed E-state index contributed by atoms with van der Waals surface area (Å²) in [5.74, 6) is -0.000511. The first-order chi connectivity index (χ1) is 11.5. The van der Waals surface area contributed by atoms with Crippen molar-refractivity contribution in [2.24, 2.45) is 0 Å². The second kappa shape index (κ2) is 7.32. The van der Waals surface area contributed by atoms with E-state index in [9.17, 15) is 9.18 Å². The Bertz CT molecular complexity index is 845. The second-order valence-electron chi connectivity index (χ2n) is 5.38. The lowest BCUT2D eigenvalue weighted by Gasteiger charge is -2.22. The lowest BCUT2D eigenvalue weighted by Crippen LogP contribution is -2.30. The topological polar surface area (TPSA) is 33.5 Å². The molecular weight excluding hydrogens is 393 g/mol. The highest BCUT2D eigenvalue weighted by atomic mass is 79.9. The van der Waals surface area contributed by atoms with Crippen molar-refractivity contribution in [3.05, 3.63) is 80.1 Å². The molecule has 3 nitrogen and oxygen atoms in total. The molecule has 0 radical (unpaired) electrons. The first-order valence-corrected chi connectivity index (χ1v) is 8.96. The molecule has 124 valence electrons. The maximum absolute atomic E-state index is 13.6. The summed E-state index contributed by atoms with van der Waals surface area (Å²) in [5.41, 5.74) is 0.301. The molecule has 0 saturated heterocycles. The monoisotopic (exact) mass is 407 g/mol. The number of nitrogens with zero attached hydrogens (tertiary/aromatic N) is 1. The van der Waals surface area contributed by atoms with E-state index in [1.54, 1.807) is 34.6 Å². The van der Waals surface area contributed by atoms with Crippen LogP contribution in [-0.4, -0.2) is 10.8 Å². The van der Waals surface area contributed by atoms with E-state index in [0.29, 0.717) is 28.9 Å². The molecule has 0 aliphatic rings. The minimum Gasteiger partial charge on any atom is -0.467 e. The molecule has 2 aromatic heterocycles. The summed E-state index contributed by atoms with van der Waals surface area (Å²) >= 11 is 4.97.